The highest BCUT2D eigenvalue weighted by molar-refractivity contribution is 5.91. The number of pyridine rings is 1. The standard InChI is InChI=1S/C24H24F2N6O2/c25-19-6-4-18(20(26)14-19)5-8-24(34)31-11-9-21-29-30-22(32(21)13-12-31)16-28-23(33)7-3-17-2-1-10-27-15-17/h1-2,4-6,8,10,14-15H,3,7,9,11-13,16H2,(H,28,33)/b8-5+. The van der Waals surface area contributed by atoms with Crippen molar-refractivity contribution in [1.29, 1.82) is 0 Å². The lowest BCUT2D eigenvalue weighted by Crippen LogP contribution is -2.32. The number of halogens is 2. The number of nitrogens with one attached hydrogen (secondary N) is 1. The number of aryl methyl sites for hydroxylation is 1. The largest absolute Gasteiger partial charge is 0.349 e. The molecule has 1 aliphatic heterocycles. The first-order chi connectivity index (χ1) is 16.5. The van der Waals surface area contributed by atoms with Crippen LogP contribution in [0.25, 0.3) is 6.08 Å². The summed E-state index contributed by atoms with van der Waals surface area (Å²) < 4.78 is 28.7. The Hall–Kier alpha value is -3.95. The highest BCUT2D eigenvalue weighted by atomic mass is 19.1. The molecule has 2 amide bonds. The zero-order valence-corrected chi connectivity index (χ0v) is 18.5. The van der Waals surface area contributed by atoms with Crippen molar-refractivity contribution in [3.8, 4) is 0 Å². The number of rotatable bonds is 7. The summed E-state index contributed by atoms with van der Waals surface area (Å²) >= 11 is 0. The van der Waals surface area contributed by atoms with Gasteiger partial charge in [0.15, 0.2) is 5.82 Å². The number of carbonyl (C=O) groups is 2. The van der Waals surface area contributed by atoms with Gasteiger partial charge in [0.1, 0.15) is 17.5 Å². The van der Waals surface area contributed by atoms with Crippen molar-refractivity contribution in [1.82, 2.24) is 30.0 Å². The zero-order chi connectivity index (χ0) is 23.9. The Morgan fingerprint density at radius 1 is 1.12 bits per heavy atom. The Morgan fingerprint density at radius 2 is 2.00 bits per heavy atom. The van der Waals surface area contributed by atoms with Crippen molar-refractivity contribution >= 4 is 17.9 Å². The average Bonchev–Trinajstić information content (AvgIpc) is 3.10. The van der Waals surface area contributed by atoms with Crippen LogP contribution in [0.15, 0.2) is 48.8 Å². The summed E-state index contributed by atoms with van der Waals surface area (Å²) in [6.45, 7) is 1.58. The molecule has 0 saturated heterocycles. The number of carbonyl (C=O) groups excluding carboxylic acids is 2. The van der Waals surface area contributed by atoms with Crippen molar-refractivity contribution < 1.29 is 18.4 Å². The van der Waals surface area contributed by atoms with E-state index in [1.54, 1.807) is 17.3 Å². The molecule has 8 nitrogen and oxygen atoms in total. The summed E-state index contributed by atoms with van der Waals surface area (Å²) in [5, 5.41) is 11.3. The molecule has 1 aliphatic rings. The van der Waals surface area contributed by atoms with Crippen LogP contribution in [0, 0.1) is 11.6 Å². The maximum absolute atomic E-state index is 13.8. The molecule has 0 unspecified atom stereocenters. The molecule has 3 aromatic rings. The molecule has 176 valence electrons. The minimum absolute atomic E-state index is 0.0928. The third-order valence-corrected chi connectivity index (χ3v) is 5.59. The lowest BCUT2D eigenvalue weighted by atomic mass is 10.1. The van der Waals surface area contributed by atoms with Gasteiger partial charge in [-0.15, -0.1) is 10.2 Å². The van der Waals surface area contributed by atoms with Crippen LogP contribution >= 0.6 is 0 Å². The second-order valence-corrected chi connectivity index (χ2v) is 7.90. The monoisotopic (exact) mass is 466 g/mol. The molecule has 0 aliphatic carbocycles. The summed E-state index contributed by atoms with van der Waals surface area (Å²) in [4.78, 5) is 30.5. The second kappa shape index (κ2) is 10.8. The Labute approximate surface area is 195 Å². The van der Waals surface area contributed by atoms with Gasteiger partial charge in [-0.25, -0.2) is 8.78 Å². The maximum Gasteiger partial charge on any atom is 0.246 e. The summed E-state index contributed by atoms with van der Waals surface area (Å²) in [6, 6.07) is 6.97. The molecule has 0 saturated carbocycles. The highest BCUT2D eigenvalue weighted by Gasteiger charge is 2.21. The Morgan fingerprint density at radius 3 is 2.79 bits per heavy atom. The number of aromatic nitrogens is 4. The molecule has 10 heteroatoms. The van der Waals surface area contributed by atoms with Gasteiger partial charge in [0, 0.05) is 62.6 Å². The van der Waals surface area contributed by atoms with Gasteiger partial charge >= 0.3 is 0 Å². The summed E-state index contributed by atoms with van der Waals surface area (Å²) in [5.74, 6) is -0.390. The van der Waals surface area contributed by atoms with Gasteiger partial charge in [-0.05, 0) is 36.3 Å². The number of fused-ring (bicyclic) bond motifs is 1. The van der Waals surface area contributed by atoms with Crippen molar-refractivity contribution in [2.24, 2.45) is 0 Å². The van der Waals surface area contributed by atoms with Gasteiger partial charge in [-0.2, -0.15) is 0 Å². The van der Waals surface area contributed by atoms with Gasteiger partial charge in [-0.3, -0.25) is 14.6 Å². The van der Waals surface area contributed by atoms with Crippen LogP contribution in [-0.2, 0) is 35.5 Å². The first-order valence-electron chi connectivity index (χ1n) is 11.0. The highest BCUT2D eigenvalue weighted by Crippen LogP contribution is 2.13. The van der Waals surface area contributed by atoms with Gasteiger partial charge in [0.25, 0.3) is 0 Å². The van der Waals surface area contributed by atoms with E-state index in [4.69, 9.17) is 0 Å². The molecule has 34 heavy (non-hydrogen) atoms. The first-order valence-corrected chi connectivity index (χ1v) is 11.0. The number of hydrogen-bond donors (Lipinski definition) is 1. The average molecular weight is 466 g/mol. The number of nitrogens with zero attached hydrogens (tertiary/aromatic N) is 5. The minimum Gasteiger partial charge on any atom is -0.349 e. The van der Waals surface area contributed by atoms with Gasteiger partial charge in [0.05, 0.1) is 6.54 Å². The molecular formula is C24H24F2N6O2. The van der Waals surface area contributed by atoms with Crippen LogP contribution in [0.1, 0.15) is 29.2 Å². The van der Waals surface area contributed by atoms with E-state index in [2.05, 4.69) is 20.5 Å². The second-order valence-electron chi connectivity index (χ2n) is 7.90. The third kappa shape index (κ3) is 5.89. The van der Waals surface area contributed by atoms with Crippen molar-refractivity contribution in [2.45, 2.75) is 32.4 Å². The quantitative estimate of drug-likeness (QED) is 0.540. The van der Waals surface area contributed by atoms with E-state index in [-0.39, 0.29) is 23.9 Å². The lowest BCUT2D eigenvalue weighted by Gasteiger charge is -2.18. The normalized spacial score (nSPS) is 13.5. The molecule has 0 atom stereocenters. The predicted octanol–water partition coefficient (Wildman–Crippen LogP) is 2.30. The van der Waals surface area contributed by atoms with E-state index < -0.39 is 11.6 Å². The Bertz CT molecular complexity index is 1200. The number of amides is 2. The fourth-order valence-corrected chi connectivity index (χ4v) is 3.71. The fourth-order valence-electron chi connectivity index (χ4n) is 3.71. The van der Waals surface area contributed by atoms with E-state index in [0.717, 1.165) is 23.5 Å². The Balaban J connectivity index is 1.30. The van der Waals surface area contributed by atoms with Crippen LogP contribution < -0.4 is 5.32 Å². The van der Waals surface area contributed by atoms with Crippen LogP contribution in [0.4, 0.5) is 8.78 Å². The lowest BCUT2D eigenvalue weighted by molar-refractivity contribution is -0.126. The van der Waals surface area contributed by atoms with Crippen LogP contribution in [0.3, 0.4) is 0 Å². The summed E-state index contributed by atoms with van der Waals surface area (Å²) in [6.07, 6.45) is 7.51. The van der Waals surface area contributed by atoms with Crippen LogP contribution in [0.2, 0.25) is 0 Å². The third-order valence-electron chi connectivity index (χ3n) is 5.59. The molecule has 3 heterocycles. The molecule has 2 aromatic heterocycles. The van der Waals surface area contributed by atoms with E-state index in [0.29, 0.717) is 44.7 Å². The molecule has 4 rings (SSSR count). The summed E-state index contributed by atoms with van der Waals surface area (Å²) in [7, 11) is 0. The van der Waals surface area contributed by atoms with E-state index in [1.165, 1.54) is 18.2 Å². The van der Waals surface area contributed by atoms with E-state index >= 15 is 0 Å². The molecule has 1 N–H and O–H groups in total. The van der Waals surface area contributed by atoms with E-state index in [1.807, 2.05) is 16.7 Å². The van der Waals surface area contributed by atoms with Gasteiger partial charge in [0.2, 0.25) is 11.8 Å². The van der Waals surface area contributed by atoms with Gasteiger partial charge < -0.3 is 14.8 Å². The smallest absolute Gasteiger partial charge is 0.246 e. The van der Waals surface area contributed by atoms with E-state index in [9.17, 15) is 18.4 Å². The van der Waals surface area contributed by atoms with Gasteiger partial charge in [-0.1, -0.05) is 6.07 Å². The molecular weight excluding hydrogens is 442 g/mol. The summed E-state index contributed by atoms with van der Waals surface area (Å²) in [5.41, 5.74) is 1.14. The number of benzene rings is 1. The maximum atomic E-state index is 13.8. The van der Waals surface area contributed by atoms with Crippen LogP contribution in [-0.4, -0.2) is 49.6 Å². The zero-order valence-electron chi connectivity index (χ0n) is 18.5. The van der Waals surface area contributed by atoms with Crippen molar-refractivity contribution in [3.63, 3.8) is 0 Å². The molecule has 0 bridgehead atoms. The number of hydrogen-bond acceptors (Lipinski definition) is 5. The minimum atomic E-state index is -0.724. The molecule has 0 fully saturated rings. The molecule has 1 aromatic carbocycles. The Kier molecular flexibility index (Phi) is 7.36. The first kappa shape index (κ1) is 23.2. The fraction of sp³-hybridized carbons (Fsp3) is 0.292. The predicted molar refractivity (Wildman–Crippen MR) is 120 cm³/mol. The van der Waals surface area contributed by atoms with Crippen LogP contribution in [0.5, 0.6) is 0 Å². The molecule has 0 radical (unpaired) electrons. The SMILES string of the molecule is O=C(CCc1cccnc1)NCc1nnc2n1CCN(C(=O)/C=C/c1ccc(F)cc1F)CC2. The molecule has 0 spiro atoms. The van der Waals surface area contributed by atoms with Crippen molar-refractivity contribution in [3.05, 3.63) is 83.2 Å². The van der Waals surface area contributed by atoms with Crippen molar-refractivity contribution in [2.75, 3.05) is 13.1 Å². The topological polar surface area (TPSA) is 93.0 Å².